The smallest absolute Gasteiger partial charge is 0.255 e. The normalized spacial score (nSPS) is 21.2. The molecule has 1 aromatic rings. The van der Waals surface area contributed by atoms with Crippen molar-refractivity contribution in [2.45, 2.75) is 18.2 Å². The van der Waals surface area contributed by atoms with Crippen molar-refractivity contribution in [3.8, 4) is 0 Å². The lowest BCUT2D eigenvalue weighted by Crippen LogP contribution is -2.29. The van der Waals surface area contributed by atoms with Crippen LogP contribution in [0.4, 0.5) is 0 Å². The van der Waals surface area contributed by atoms with Crippen LogP contribution in [0.2, 0.25) is 5.02 Å². The van der Waals surface area contributed by atoms with Gasteiger partial charge in [-0.2, -0.15) is 0 Å². The molecule has 0 heterocycles. The Morgan fingerprint density at radius 2 is 2.10 bits per heavy atom. The van der Waals surface area contributed by atoms with E-state index in [1.54, 1.807) is 11.9 Å². The van der Waals surface area contributed by atoms with Gasteiger partial charge >= 0.3 is 0 Å². The van der Waals surface area contributed by atoms with E-state index < -0.39 is 10.0 Å². The Bertz CT molecular complexity index is 693. The third-order valence-corrected chi connectivity index (χ3v) is 5.87. The molecule has 2 N–H and O–H groups in total. The van der Waals surface area contributed by atoms with Crippen molar-refractivity contribution in [1.29, 1.82) is 0 Å². The van der Waals surface area contributed by atoms with E-state index in [4.69, 9.17) is 16.7 Å². The molecule has 0 bridgehead atoms. The van der Waals surface area contributed by atoms with Gasteiger partial charge in [-0.25, -0.2) is 13.6 Å². The van der Waals surface area contributed by atoms with Crippen molar-refractivity contribution in [1.82, 2.24) is 4.90 Å². The van der Waals surface area contributed by atoms with Crippen molar-refractivity contribution >= 4 is 43.5 Å². The molecular weight excluding hydrogens is 380 g/mol. The third-order valence-electron chi connectivity index (χ3n) is 3.69. The predicted octanol–water partition coefficient (Wildman–Crippen LogP) is 2.48. The van der Waals surface area contributed by atoms with E-state index in [-0.39, 0.29) is 25.9 Å². The fourth-order valence-corrected chi connectivity index (χ4v) is 4.21. The van der Waals surface area contributed by atoms with Crippen LogP contribution in [0.5, 0.6) is 0 Å². The number of amides is 1. The lowest BCUT2D eigenvalue weighted by Gasteiger charge is -2.18. The van der Waals surface area contributed by atoms with Crippen LogP contribution in [0, 0.1) is 11.8 Å². The minimum atomic E-state index is -3.93. The Morgan fingerprint density at radius 3 is 2.57 bits per heavy atom. The Morgan fingerprint density at radius 1 is 1.52 bits per heavy atom. The highest BCUT2D eigenvalue weighted by atomic mass is 79.9. The maximum Gasteiger partial charge on any atom is 0.255 e. The topological polar surface area (TPSA) is 80.5 Å². The van der Waals surface area contributed by atoms with Gasteiger partial charge in [-0.05, 0) is 46.3 Å². The van der Waals surface area contributed by atoms with Crippen molar-refractivity contribution in [2.75, 3.05) is 13.6 Å². The average Bonchev–Trinajstić information content (AvgIpc) is 3.02. The molecule has 21 heavy (non-hydrogen) atoms. The van der Waals surface area contributed by atoms with Gasteiger partial charge in [0.1, 0.15) is 0 Å². The highest BCUT2D eigenvalue weighted by Gasteiger charge is 2.34. The second-order valence-corrected chi connectivity index (χ2v) is 8.26. The number of hydrogen-bond acceptors (Lipinski definition) is 3. The minimum Gasteiger partial charge on any atom is -0.341 e. The van der Waals surface area contributed by atoms with Gasteiger partial charge in [0.15, 0.2) is 0 Å². The van der Waals surface area contributed by atoms with Gasteiger partial charge in [0.2, 0.25) is 10.0 Å². The zero-order chi connectivity index (χ0) is 15.9. The molecule has 1 aromatic carbocycles. The molecule has 0 aliphatic heterocycles. The van der Waals surface area contributed by atoms with E-state index in [9.17, 15) is 13.2 Å². The molecule has 8 heteroatoms. The summed E-state index contributed by atoms with van der Waals surface area (Å²) < 4.78 is 23.3. The Balaban J connectivity index is 2.32. The summed E-state index contributed by atoms with van der Waals surface area (Å²) in [6, 6.07) is 2.60. The first-order valence-electron chi connectivity index (χ1n) is 6.38. The number of hydrogen-bond donors (Lipinski definition) is 1. The zero-order valence-electron chi connectivity index (χ0n) is 11.6. The highest BCUT2D eigenvalue weighted by molar-refractivity contribution is 9.10. The number of nitrogens with two attached hydrogens (primary N) is 1. The molecule has 5 nitrogen and oxygen atoms in total. The van der Waals surface area contributed by atoms with Crippen LogP contribution in [0.15, 0.2) is 21.5 Å². The molecule has 0 radical (unpaired) electrons. The number of sulfonamides is 1. The predicted molar refractivity (Wildman–Crippen MR) is 84.8 cm³/mol. The summed E-state index contributed by atoms with van der Waals surface area (Å²) in [7, 11) is -2.24. The maximum absolute atomic E-state index is 12.4. The molecule has 0 aromatic heterocycles. The van der Waals surface area contributed by atoms with E-state index in [1.165, 1.54) is 12.1 Å². The van der Waals surface area contributed by atoms with Crippen molar-refractivity contribution < 1.29 is 13.2 Å². The molecule has 2 rings (SSSR count). The van der Waals surface area contributed by atoms with E-state index in [1.807, 2.05) is 0 Å². The third kappa shape index (κ3) is 3.77. The molecule has 2 unspecified atom stereocenters. The van der Waals surface area contributed by atoms with Crippen molar-refractivity contribution in [3.63, 3.8) is 0 Å². The minimum absolute atomic E-state index is 0.139. The highest BCUT2D eigenvalue weighted by Crippen LogP contribution is 2.38. The number of nitrogens with zero attached hydrogens (tertiary/aromatic N) is 1. The van der Waals surface area contributed by atoms with Crippen molar-refractivity contribution in [3.05, 3.63) is 27.2 Å². The standard InChI is InChI=1S/C13H16BrClN2O3S/c1-7-3-8(7)6-17(2)13(18)9-4-12(21(16,19)20)10(14)5-11(9)15/h4-5,7-8H,3,6H2,1-2H3,(H2,16,19,20). The van der Waals surface area contributed by atoms with Crippen LogP contribution < -0.4 is 5.14 Å². The second kappa shape index (κ2) is 5.87. The molecule has 0 saturated heterocycles. The average molecular weight is 396 g/mol. The Kier molecular flexibility index (Phi) is 4.68. The van der Waals surface area contributed by atoms with Crippen LogP contribution in [-0.4, -0.2) is 32.8 Å². The molecule has 1 fully saturated rings. The zero-order valence-corrected chi connectivity index (χ0v) is 14.8. The van der Waals surface area contributed by atoms with E-state index in [2.05, 4.69) is 22.9 Å². The van der Waals surface area contributed by atoms with Gasteiger partial charge in [0.05, 0.1) is 15.5 Å². The van der Waals surface area contributed by atoms with E-state index >= 15 is 0 Å². The quantitative estimate of drug-likeness (QED) is 0.850. The fraction of sp³-hybridized carbons (Fsp3) is 0.462. The van der Waals surface area contributed by atoms with Gasteiger partial charge in [0, 0.05) is 18.1 Å². The number of rotatable bonds is 4. The number of halogens is 2. The summed E-state index contributed by atoms with van der Waals surface area (Å²) in [5.74, 6) is 0.822. The molecule has 1 amide bonds. The van der Waals surface area contributed by atoms with Crippen molar-refractivity contribution in [2.24, 2.45) is 17.0 Å². The molecule has 1 aliphatic rings. The molecule has 1 aliphatic carbocycles. The summed E-state index contributed by atoms with van der Waals surface area (Å²) in [5.41, 5.74) is 0.139. The van der Waals surface area contributed by atoms with Gasteiger partial charge in [-0.1, -0.05) is 18.5 Å². The number of carbonyl (C=O) groups is 1. The van der Waals surface area contributed by atoms with Crippen LogP contribution >= 0.6 is 27.5 Å². The lowest BCUT2D eigenvalue weighted by molar-refractivity contribution is 0.0787. The SMILES string of the molecule is CC1CC1CN(C)C(=O)c1cc(S(N)(=O)=O)c(Br)cc1Cl. The van der Waals surface area contributed by atoms with Gasteiger partial charge < -0.3 is 4.90 Å². The first kappa shape index (κ1) is 16.7. The molecule has 116 valence electrons. The summed E-state index contributed by atoms with van der Waals surface area (Å²) in [6.07, 6.45) is 1.11. The lowest BCUT2D eigenvalue weighted by atomic mass is 10.2. The number of carbonyl (C=O) groups excluding carboxylic acids is 1. The Hall–Kier alpha value is -0.630. The van der Waals surface area contributed by atoms with Crippen LogP contribution in [0.25, 0.3) is 0 Å². The molecule has 1 saturated carbocycles. The summed E-state index contributed by atoms with van der Waals surface area (Å²) in [5, 5.41) is 5.33. The molecule has 0 spiro atoms. The second-order valence-electron chi connectivity index (χ2n) is 5.47. The molecular formula is C13H16BrClN2O3S. The Labute approximate surface area is 137 Å². The van der Waals surface area contributed by atoms with Crippen LogP contribution in [0.3, 0.4) is 0 Å². The molecule has 2 atom stereocenters. The summed E-state index contributed by atoms with van der Waals surface area (Å²) in [4.78, 5) is 13.8. The van der Waals surface area contributed by atoms with E-state index in [0.717, 1.165) is 6.42 Å². The fourth-order valence-electron chi connectivity index (χ4n) is 2.20. The monoisotopic (exact) mass is 394 g/mol. The largest absolute Gasteiger partial charge is 0.341 e. The van der Waals surface area contributed by atoms with E-state index in [0.29, 0.717) is 18.4 Å². The van der Waals surface area contributed by atoms with Gasteiger partial charge in [-0.3, -0.25) is 4.79 Å². The summed E-state index contributed by atoms with van der Waals surface area (Å²) in [6.45, 7) is 2.77. The number of benzene rings is 1. The first-order valence-corrected chi connectivity index (χ1v) is 9.10. The van der Waals surface area contributed by atoms with Crippen LogP contribution in [0.1, 0.15) is 23.7 Å². The van der Waals surface area contributed by atoms with Gasteiger partial charge in [-0.15, -0.1) is 0 Å². The van der Waals surface area contributed by atoms with Crippen LogP contribution in [-0.2, 0) is 10.0 Å². The maximum atomic E-state index is 12.4. The number of primary sulfonamides is 1. The summed E-state index contributed by atoms with van der Waals surface area (Å²) >= 11 is 9.15. The van der Waals surface area contributed by atoms with Gasteiger partial charge in [0.25, 0.3) is 5.91 Å². The first-order chi connectivity index (χ1) is 9.61.